The number of thiazole rings is 1. The summed E-state index contributed by atoms with van der Waals surface area (Å²) in [6.07, 6.45) is 0. The van der Waals surface area contributed by atoms with Crippen LogP contribution in [0, 0.1) is 13.8 Å². The van der Waals surface area contributed by atoms with E-state index in [0.29, 0.717) is 16.1 Å². The van der Waals surface area contributed by atoms with Crippen molar-refractivity contribution >= 4 is 54.2 Å². The summed E-state index contributed by atoms with van der Waals surface area (Å²) in [6, 6.07) is 12.6. The molecule has 32 heavy (non-hydrogen) atoms. The third-order valence-electron chi connectivity index (χ3n) is 4.75. The molecule has 0 unspecified atom stereocenters. The Morgan fingerprint density at radius 2 is 1.81 bits per heavy atom. The molecule has 8 nitrogen and oxygen atoms in total. The monoisotopic (exact) mass is 487 g/mol. The van der Waals surface area contributed by atoms with Crippen LogP contribution in [0.2, 0.25) is 0 Å². The Bertz CT molecular complexity index is 1390. The topological polar surface area (TPSA) is 107 Å². The second-order valence-electron chi connectivity index (χ2n) is 7.36. The molecule has 0 saturated carbocycles. The molecule has 166 valence electrons. The number of sulfone groups is 1. The maximum absolute atomic E-state index is 12.7. The van der Waals surface area contributed by atoms with E-state index in [9.17, 15) is 13.2 Å². The van der Waals surface area contributed by atoms with Crippen LogP contribution in [-0.2, 0) is 27.4 Å². The third-order valence-corrected chi connectivity index (χ3v) is 8.33. The number of hydrogen-bond acceptors (Lipinski definition) is 8. The van der Waals surface area contributed by atoms with Crippen molar-refractivity contribution in [2.75, 3.05) is 11.1 Å². The Kier molecular flexibility index (Phi) is 6.31. The minimum atomic E-state index is -3.55. The number of hydrogen-bond donors (Lipinski definition) is 1. The number of aromatic nitrogens is 4. The molecule has 1 N–H and O–H groups in total. The Labute approximate surface area is 194 Å². The molecule has 1 amide bonds. The number of amides is 1. The lowest BCUT2D eigenvalue weighted by Crippen LogP contribution is -2.14. The van der Waals surface area contributed by atoms with E-state index in [1.54, 1.807) is 35.9 Å². The van der Waals surface area contributed by atoms with Gasteiger partial charge in [0, 0.05) is 7.05 Å². The molecule has 2 heterocycles. The summed E-state index contributed by atoms with van der Waals surface area (Å²) in [7, 11) is -1.86. The summed E-state index contributed by atoms with van der Waals surface area (Å²) in [5.74, 6) is -0.0686. The van der Waals surface area contributed by atoms with Crippen LogP contribution in [0.15, 0.2) is 52.5 Å². The van der Waals surface area contributed by atoms with E-state index in [2.05, 4.69) is 20.5 Å². The van der Waals surface area contributed by atoms with Crippen LogP contribution in [0.1, 0.15) is 17.0 Å². The summed E-state index contributed by atoms with van der Waals surface area (Å²) in [6.45, 7) is 3.91. The van der Waals surface area contributed by atoms with Gasteiger partial charge in [0.2, 0.25) is 5.91 Å². The van der Waals surface area contributed by atoms with E-state index < -0.39 is 9.84 Å². The van der Waals surface area contributed by atoms with Crippen LogP contribution in [-0.4, -0.2) is 39.8 Å². The zero-order valence-electron chi connectivity index (χ0n) is 17.7. The lowest BCUT2D eigenvalue weighted by atomic mass is 10.2. The van der Waals surface area contributed by atoms with Gasteiger partial charge in [-0.15, -0.1) is 10.2 Å². The Balaban J connectivity index is 1.38. The second kappa shape index (κ2) is 9.00. The first kappa shape index (κ1) is 22.4. The summed E-state index contributed by atoms with van der Waals surface area (Å²) in [5.41, 5.74) is 2.97. The fourth-order valence-corrected chi connectivity index (χ4v) is 5.98. The number of nitrogens with one attached hydrogen (secondary N) is 1. The SMILES string of the molecule is Cc1ccc(S(=O)(=O)Cc2nnc(SCC(=O)Nc3nc4ccc(C)cc4s3)n2C)cc1. The number of nitrogens with zero attached hydrogens (tertiary/aromatic N) is 4. The third kappa shape index (κ3) is 5.00. The molecule has 0 spiro atoms. The van der Waals surface area contributed by atoms with Gasteiger partial charge < -0.3 is 9.88 Å². The summed E-state index contributed by atoms with van der Waals surface area (Å²) in [5, 5.41) is 11.9. The standard InChI is InChI=1S/C21H21N5O3S3/c1-13-4-7-15(8-5-13)32(28,29)12-18-24-25-21(26(18)3)30-11-19(27)23-20-22-16-9-6-14(2)10-17(16)31-20/h4-10H,11-12H2,1-3H3,(H,22,23,27). The lowest BCUT2D eigenvalue weighted by Gasteiger charge is -2.06. The van der Waals surface area contributed by atoms with E-state index >= 15 is 0 Å². The summed E-state index contributed by atoms with van der Waals surface area (Å²) >= 11 is 2.61. The van der Waals surface area contributed by atoms with Gasteiger partial charge in [0.1, 0.15) is 11.6 Å². The molecule has 4 aromatic rings. The first-order chi connectivity index (χ1) is 15.2. The minimum absolute atomic E-state index is 0.103. The van der Waals surface area contributed by atoms with Crippen LogP contribution >= 0.6 is 23.1 Å². The van der Waals surface area contributed by atoms with E-state index in [-0.39, 0.29) is 22.3 Å². The van der Waals surface area contributed by atoms with Crippen LogP contribution in [0.5, 0.6) is 0 Å². The number of rotatable bonds is 7. The Morgan fingerprint density at radius 1 is 1.09 bits per heavy atom. The molecule has 0 aliphatic carbocycles. The number of fused-ring (bicyclic) bond motifs is 1. The summed E-state index contributed by atoms with van der Waals surface area (Å²) < 4.78 is 28.0. The first-order valence-corrected chi connectivity index (χ1v) is 13.1. The van der Waals surface area contributed by atoms with Gasteiger partial charge in [-0.2, -0.15) is 0 Å². The average molecular weight is 488 g/mol. The van der Waals surface area contributed by atoms with Gasteiger partial charge in [-0.3, -0.25) is 4.79 Å². The predicted molar refractivity (Wildman–Crippen MR) is 127 cm³/mol. The number of carbonyl (C=O) groups excluding carboxylic acids is 1. The van der Waals surface area contributed by atoms with Crippen molar-refractivity contribution in [2.24, 2.45) is 7.05 Å². The van der Waals surface area contributed by atoms with Gasteiger partial charge in [0.15, 0.2) is 20.1 Å². The average Bonchev–Trinajstić information content (AvgIpc) is 3.29. The van der Waals surface area contributed by atoms with Crippen molar-refractivity contribution in [1.82, 2.24) is 19.7 Å². The highest BCUT2D eigenvalue weighted by Gasteiger charge is 2.21. The van der Waals surface area contributed by atoms with Crippen LogP contribution in [0.4, 0.5) is 5.13 Å². The zero-order valence-corrected chi connectivity index (χ0v) is 20.1. The summed E-state index contributed by atoms with van der Waals surface area (Å²) in [4.78, 5) is 17.0. The van der Waals surface area contributed by atoms with E-state index in [4.69, 9.17) is 0 Å². The molecule has 0 bridgehead atoms. The maximum atomic E-state index is 12.7. The number of thioether (sulfide) groups is 1. The van der Waals surface area contributed by atoms with Crippen LogP contribution in [0.3, 0.4) is 0 Å². The minimum Gasteiger partial charge on any atom is -0.308 e. The zero-order chi connectivity index (χ0) is 22.9. The first-order valence-electron chi connectivity index (χ1n) is 9.69. The maximum Gasteiger partial charge on any atom is 0.236 e. The van der Waals surface area contributed by atoms with Crippen molar-refractivity contribution in [3.8, 4) is 0 Å². The van der Waals surface area contributed by atoms with Crippen molar-refractivity contribution < 1.29 is 13.2 Å². The van der Waals surface area contributed by atoms with E-state index in [1.165, 1.54) is 23.1 Å². The van der Waals surface area contributed by atoms with Gasteiger partial charge >= 0.3 is 0 Å². The van der Waals surface area contributed by atoms with Crippen molar-refractivity contribution in [2.45, 2.75) is 29.7 Å². The molecule has 0 radical (unpaired) electrons. The highest BCUT2D eigenvalue weighted by Crippen LogP contribution is 2.27. The van der Waals surface area contributed by atoms with Crippen molar-refractivity contribution in [1.29, 1.82) is 0 Å². The highest BCUT2D eigenvalue weighted by atomic mass is 32.2. The van der Waals surface area contributed by atoms with Gasteiger partial charge in [-0.1, -0.05) is 46.9 Å². The number of carbonyl (C=O) groups is 1. The smallest absolute Gasteiger partial charge is 0.236 e. The molecular formula is C21H21N5O3S3. The number of anilines is 1. The molecule has 0 aliphatic rings. The fourth-order valence-electron chi connectivity index (χ4n) is 2.97. The van der Waals surface area contributed by atoms with Crippen LogP contribution < -0.4 is 5.32 Å². The normalized spacial score (nSPS) is 11.7. The van der Waals surface area contributed by atoms with Crippen LogP contribution in [0.25, 0.3) is 10.2 Å². The lowest BCUT2D eigenvalue weighted by molar-refractivity contribution is -0.113. The Hall–Kier alpha value is -2.76. The van der Waals surface area contributed by atoms with Gasteiger partial charge in [0.25, 0.3) is 0 Å². The molecule has 0 aliphatic heterocycles. The van der Waals surface area contributed by atoms with Gasteiger partial charge in [-0.05, 0) is 43.7 Å². The predicted octanol–water partition coefficient (Wildman–Crippen LogP) is 3.75. The largest absolute Gasteiger partial charge is 0.308 e. The molecule has 11 heteroatoms. The Morgan fingerprint density at radius 3 is 2.56 bits per heavy atom. The fraction of sp³-hybridized carbons (Fsp3) is 0.238. The number of benzene rings is 2. The molecule has 2 aromatic carbocycles. The van der Waals surface area contributed by atoms with E-state index in [1.807, 2.05) is 32.0 Å². The van der Waals surface area contributed by atoms with Gasteiger partial charge in [0.05, 0.1) is 20.9 Å². The molecule has 0 saturated heterocycles. The molecule has 0 fully saturated rings. The van der Waals surface area contributed by atoms with E-state index in [0.717, 1.165) is 21.3 Å². The van der Waals surface area contributed by atoms with Crippen molar-refractivity contribution in [3.05, 3.63) is 59.4 Å². The second-order valence-corrected chi connectivity index (χ2v) is 11.3. The van der Waals surface area contributed by atoms with Gasteiger partial charge in [-0.25, -0.2) is 13.4 Å². The van der Waals surface area contributed by atoms with Crippen molar-refractivity contribution in [3.63, 3.8) is 0 Å². The highest BCUT2D eigenvalue weighted by molar-refractivity contribution is 7.99. The quantitative estimate of drug-likeness (QED) is 0.396. The number of aryl methyl sites for hydroxylation is 2. The molecular weight excluding hydrogens is 466 g/mol. The molecule has 2 aromatic heterocycles. The molecule has 4 rings (SSSR count). The molecule has 0 atom stereocenters.